The summed E-state index contributed by atoms with van der Waals surface area (Å²) in [5.41, 5.74) is 1.01. The zero-order chi connectivity index (χ0) is 15.4. The van der Waals surface area contributed by atoms with Gasteiger partial charge in [-0.3, -0.25) is 14.9 Å². The van der Waals surface area contributed by atoms with Crippen LogP contribution in [0.25, 0.3) is 0 Å². The molecule has 1 N–H and O–H groups in total. The lowest BCUT2D eigenvalue weighted by atomic mass is 10.1. The number of nitro benzene ring substituents is 1. The van der Waals surface area contributed by atoms with E-state index in [1.807, 2.05) is 12.1 Å². The molecule has 0 saturated heterocycles. The molecule has 1 heterocycles. The first-order valence-electron chi connectivity index (χ1n) is 6.25. The number of nitrogens with zero attached hydrogens (tertiary/aromatic N) is 1. The Hall–Kier alpha value is -1.48. The van der Waals surface area contributed by atoms with E-state index < -0.39 is 4.92 Å². The maximum atomic E-state index is 12.1. The zero-order valence-electron chi connectivity index (χ0n) is 11.3. The number of carbonyl (C=O) groups is 1. The smallest absolute Gasteiger partial charge is 0.270 e. The molecule has 2 rings (SSSR count). The summed E-state index contributed by atoms with van der Waals surface area (Å²) in [4.78, 5) is 23.6. The Kier molecular flexibility index (Phi) is 5.29. The summed E-state index contributed by atoms with van der Waals surface area (Å²) in [5, 5.41) is 13.6. The largest absolute Gasteiger partial charge is 0.352 e. The molecule has 0 atom stereocenters. The van der Waals surface area contributed by atoms with Crippen LogP contribution < -0.4 is 5.32 Å². The highest BCUT2D eigenvalue weighted by molar-refractivity contribution is 14.1. The number of benzene rings is 1. The van der Waals surface area contributed by atoms with Gasteiger partial charge >= 0.3 is 0 Å². The fourth-order valence-corrected chi connectivity index (χ4v) is 3.60. The maximum Gasteiger partial charge on any atom is 0.270 e. The summed E-state index contributed by atoms with van der Waals surface area (Å²) in [6.07, 6.45) is 0.757. The van der Waals surface area contributed by atoms with Crippen molar-refractivity contribution in [3.63, 3.8) is 0 Å². The summed E-state index contributed by atoms with van der Waals surface area (Å²) >= 11 is 3.95. The van der Waals surface area contributed by atoms with Crippen LogP contribution in [-0.2, 0) is 6.42 Å². The van der Waals surface area contributed by atoms with E-state index in [-0.39, 0.29) is 11.6 Å². The molecule has 7 heteroatoms. The molecule has 5 nitrogen and oxygen atoms in total. The summed E-state index contributed by atoms with van der Waals surface area (Å²) in [5.74, 6) is -0.276. The number of nitro groups is 1. The summed E-state index contributed by atoms with van der Waals surface area (Å²) in [6.45, 7) is 2.28. The van der Waals surface area contributed by atoms with E-state index in [0.717, 1.165) is 12.0 Å². The molecule has 1 aromatic carbocycles. The van der Waals surface area contributed by atoms with Crippen LogP contribution in [0.3, 0.4) is 0 Å². The van der Waals surface area contributed by atoms with Gasteiger partial charge in [-0.05, 0) is 53.6 Å². The molecule has 0 bridgehead atoms. The molecule has 0 aliphatic heterocycles. The second-order valence-electron chi connectivity index (χ2n) is 4.47. The predicted octanol–water partition coefficient (Wildman–Crippen LogP) is 3.54. The van der Waals surface area contributed by atoms with Gasteiger partial charge in [-0.25, -0.2) is 0 Å². The van der Waals surface area contributed by atoms with Crippen LogP contribution in [0.2, 0.25) is 0 Å². The quantitative estimate of drug-likeness (QED) is 0.461. The van der Waals surface area contributed by atoms with Crippen molar-refractivity contribution in [1.29, 1.82) is 0 Å². The fraction of sp³-hybridized carbons (Fsp3) is 0.214. The van der Waals surface area contributed by atoms with Crippen LogP contribution >= 0.6 is 33.9 Å². The number of non-ortho nitro benzene ring substituents is 1. The van der Waals surface area contributed by atoms with Crippen molar-refractivity contribution in [1.82, 2.24) is 5.32 Å². The number of halogens is 1. The van der Waals surface area contributed by atoms with Crippen LogP contribution in [0.5, 0.6) is 0 Å². The Bertz CT molecular complexity index is 685. The second-order valence-corrected chi connectivity index (χ2v) is 7.53. The lowest BCUT2D eigenvalue weighted by Gasteiger charge is -2.07. The average Bonchev–Trinajstić information content (AvgIpc) is 2.84. The molecule has 1 aromatic heterocycles. The predicted molar refractivity (Wildman–Crippen MR) is 90.9 cm³/mol. The van der Waals surface area contributed by atoms with Crippen molar-refractivity contribution >= 4 is 45.5 Å². The van der Waals surface area contributed by atoms with Gasteiger partial charge in [0.2, 0.25) is 0 Å². The Morgan fingerprint density at radius 3 is 2.76 bits per heavy atom. The van der Waals surface area contributed by atoms with Crippen LogP contribution in [0.15, 0.2) is 30.3 Å². The highest BCUT2D eigenvalue weighted by atomic mass is 127. The molecule has 0 fully saturated rings. The number of hydrogen-bond donors (Lipinski definition) is 1. The van der Waals surface area contributed by atoms with Gasteiger partial charge in [0.05, 0.1) is 7.81 Å². The third-order valence-electron chi connectivity index (χ3n) is 2.96. The molecular formula is C14H13IN2O3S. The molecule has 110 valence electrons. The minimum atomic E-state index is -0.496. The Morgan fingerprint density at radius 1 is 1.38 bits per heavy atom. The van der Waals surface area contributed by atoms with Crippen LogP contribution in [0, 0.1) is 19.9 Å². The van der Waals surface area contributed by atoms with Gasteiger partial charge in [0, 0.05) is 29.1 Å². The van der Waals surface area contributed by atoms with Crippen LogP contribution in [0.4, 0.5) is 5.69 Å². The highest BCUT2D eigenvalue weighted by Crippen LogP contribution is 2.19. The number of amides is 1. The third kappa shape index (κ3) is 4.24. The number of aryl methyl sites for hydroxylation is 1. The van der Waals surface area contributed by atoms with Gasteiger partial charge in [-0.2, -0.15) is 0 Å². The zero-order valence-corrected chi connectivity index (χ0v) is 14.2. The molecule has 0 unspecified atom stereocenters. The Labute approximate surface area is 139 Å². The second kappa shape index (κ2) is 6.99. The number of nitrogens with one attached hydrogen (secondary N) is 1. The summed E-state index contributed by atoms with van der Waals surface area (Å²) in [6, 6.07) is 8.39. The molecule has 0 spiro atoms. The monoisotopic (exact) mass is 416 g/mol. The molecular weight excluding hydrogens is 403 g/mol. The molecule has 2 aromatic rings. The first-order chi connectivity index (χ1) is 9.97. The Morgan fingerprint density at radius 2 is 2.14 bits per heavy atom. The molecule has 21 heavy (non-hydrogen) atoms. The number of hydrogen-bond acceptors (Lipinski definition) is 4. The van der Waals surface area contributed by atoms with Crippen LogP contribution in [-0.4, -0.2) is 17.4 Å². The van der Waals surface area contributed by atoms with Gasteiger partial charge in [-0.1, -0.05) is 6.07 Å². The van der Waals surface area contributed by atoms with Crippen molar-refractivity contribution < 1.29 is 9.72 Å². The van der Waals surface area contributed by atoms with Gasteiger partial charge in [0.25, 0.3) is 11.6 Å². The molecule has 0 saturated carbocycles. The Balaban J connectivity index is 1.99. The van der Waals surface area contributed by atoms with Crippen molar-refractivity contribution in [2.24, 2.45) is 0 Å². The lowest BCUT2D eigenvalue weighted by Crippen LogP contribution is -2.26. The van der Waals surface area contributed by atoms with Crippen LogP contribution in [0.1, 0.15) is 20.8 Å². The standard InChI is InChI=1S/C14H13IN2O3S/c1-9-2-3-10(17(19)20)8-12(9)14(18)16-7-6-11-4-5-13(15)21-11/h2-5,8H,6-7H2,1H3,(H,16,18). The first kappa shape index (κ1) is 15.9. The van der Waals surface area contributed by atoms with Crippen molar-refractivity contribution in [2.45, 2.75) is 13.3 Å². The number of rotatable bonds is 5. The lowest BCUT2D eigenvalue weighted by molar-refractivity contribution is -0.384. The van der Waals surface area contributed by atoms with Gasteiger partial charge in [0.15, 0.2) is 0 Å². The van der Waals surface area contributed by atoms with Crippen molar-refractivity contribution in [2.75, 3.05) is 6.54 Å². The number of carbonyl (C=O) groups excluding carboxylic acids is 1. The van der Waals surface area contributed by atoms with Crippen molar-refractivity contribution in [3.8, 4) is 0 Å². The van der Waals surface area contributed by atoms with E-state index in [0.29, 0.717) is 12.1 Å². The van der Waals surface area contributed by atoms with E-state index in [2.05, 4.69) is 27.9 Å². The maximum absolute atomic E-state index is 12.1. The first-order valence-corrected chi connectivity index (χ1v) is 8.14. The molecule has 0 radical (unpaired) electrons. The number of thiophene rings is 1. The third-order valence-corrected chi connectivity index (χ3v) is 4.92. The SMILES string of the molecule is Cc1ccc([N+](=O)[O-])cc1C(=O)NCCc1ccc(I)s1. The van der Waals surface area contributed by atoms with E-state index in [1.54, 1.807) is 24.3 Å². The minimum Gasteiger partial charge on any atom is -0.352 e. The van der Waals surface area contributed by atoms with Gasteiger partial charge in [-0.15, -0.1) is 11.3 Å². The summed E-state index contributed by atoms with van der Waals surface area (Å²) in [7, 11) is 0. The van der Waals surface area contributed by atoms with E-state index >= 15 is 0 Å². The molecule has 0 aliphatic carbocycles. The van der Waals surface area contributed by atoms with Gasteiger partial charge in [0.1, 0.15) is 0 Å². The minimum absolute atomic E-state index is 0.0708. The van der Waals surface area contributed by atoms with Crippen molar-refractivity contribution in [3.05, 3.63) is 59.3 Å². The molecule has 0 aliphatic rings. The van der Waals surface area contributed by atoms with E-state index in [9.17, 15) is 14.9 Å². The van der Waals surface area contributed by atoms with Gasteiger partial charge < -0.3 is 5.32 Å². The normalized spacial score (nSPS) is 10.4. The summed E-state index contributed by atoms with van der Waals surface area (Å²) < 4.78 is 1.21. The average molecular weight is 416 g/mol. The van der Waals surface area contributed by atoms with E-state index in [1.165, 1.54) is 19.9 Å². The fourth-order valence-electron chi connectivity index (χ4n) is 1.85. The van der Waals surface area contributed by atoms with E-state index in [4.69, 9.17) is 0 Å². The topological polar surface area (TPSA) is 72.2 Å². The highest BCUT2D eigenvalue weighted by Gasteiger charge is 2.14. The molecule has 1 amide bonds.